The molecule has 0 heterocycles. The van der Waals surface area contributed by atoms with Gasteiger partial charge < -0.3 is 0 Å². The monoisotopic (exact) mass is 204 g/mol. The molecule has 0 aliphatic rings. The van der Waals surface area contributed by atoms with Gasteiger partial charge in [0.05, 0.1) is 0 Å². The van der Waals surface area contributed by atoms with Gasteiger partial charge in [-0.1, -0.05) is 0 Å². The van der Waals surface area contributed by atoms with E-state index in [1.54, 1.807) is 12.3 Å². The summed E-state index contributed by atoms with van der Waals surface area (Å²) in [5, 5.41) is 0. The number of carbonyl (C=O) groups is 1. The predicted molar refractivity (Wildman–Crippen MR) is 44.9 cm³/mol. The van der Waals surface area contributed by atoms with E-state index in [0.717, 1.165) is 0 Å². The number of esters is 1. The Morgan fingerprint density at radius 1 is 1.67 bits per heavy atom. The Balaban J connectivity index is 3.81. The van der Waals surface area contributed by atoms with Gasteiger partial charge in [-0.15, -0.1) is 0 Å². The minimum atomic E-state index is -0.275. The molecule has 0 amide bonds. The van der Waals surface area contributed by atoms with E-state index in [1.165, 1.54) is 7.11 Å². The molecule has 4 heteroatoms. The van der Waals surface area contributed by atoms with Gasteiger partial charge in [-0.25, -0.2) is 0 Å². The second kappa shape index (κ2) is 7.01. The zero-order chi connectivity index (χ0) is 9.40. The summed E-state index contributed by atoms with van der Waals surface area (Å²) in [4.78, 5) is 14.7. The van der Waals surface area contributed by atoms with E-state index in [2.05, 4.69) is 26.7 Å². The molecule has 0 spiro atoms. The number of carbonyl (C=O) groups excluding carboxylic acids is 1. The number of methoxy groups -OCH3 is 1. The summed E-state index contributed by atoms with van der Waals surface area (Å²) in [6, 6.07) is 0. The van der Waals surface area contributed by atoms with Crippen LogP contribution in [0.3, 0.4) is 0 Å². The van der Waals surface area contributed by atoms with Crippen molar-refractivity contribution in [3.05, 3.63) is 12.2 Å². The van der Waals surface area contributed by atoms with Crippen LogP contribution in [0.15, 0.2) is 17.1 Å². The molecule has 0 radical (unpaired) electrons. The van der Waals surface area contributed by atoms with Crippen LogP contribution in [0.2, 0.25) is 0 Å². The van der Waals surface area contributed by atoms with Gasteiger partial charge in [-0.05, 0) is 0 Å². The molecule has 65 valence electrons. The first-order chi connectivity index (χ1) is 5.70. The van der Waals surface area contributed by atoms with Crippen molar-refractivity contribution in [2.75, 3.05) is 7.11 Å². The van der Waals surface area contributed by atoms with Gasteiger partial charge in [0, 0.05) is 0 Å². The Morgan fingerprint density at radius 3 is 2.83 bits per heavy atom. The minimum absolute atomic E-state index is 0.227. The van der Waals surface area contributed by atoms with E-state index in [-0.39, 0.29) is 12.4 Å². The average molecular weight is 204 g/mol. The fourth-order valence-corrected chi connectivity index (χ4v) is 0.768. The second-order valence-electron chi connectivity index (χ2n) is 1.97. The number of allylic oxidation sites excluding steroid dienone is 2. The van der Waals surface area contributed by atoms with Gasteiger partial charge in [-0.2, -0.15) is 0 Å². The van der Waals surface area contributed by atoms with E-state index in [1.807, 2.05) is 13.0 Å². The molecular formula is C8H11NO2V. The fourth-order valence-electron chi connectivity index (χ4n) is 0.462. The molecule has 3 nitrogen and oxygen atoms in total. The molecule has 0 saturated heterocycles. The molecule has 0 rings (SSSR count). The standard InChI is InChI=1S/C8H11NO2.V/c1-3-4-6-9-7-5-8(10)11-2;/h3-4,6H,5H2,1-2H3;. The van der Waals surface area contributed by atoms with Crippen LogP contribution in [0.1, 0.15) is 13.3 Å². The number of ether oxygens (including phenoxy) is 1. The molecule has 0 aliphatic carbocycles. The summed E-state index contributed by atoms with van der Waals surface area (Å²) in [5.41, 5.74) is 0. The van der Waals surface area contributed by atoms with Gasteiger partial charge in [0.25, 0.3) is 0 Å². The van der Waals surface area contributed by atoms with Crippen molar-refractivity contribution in [2.45, 2.75) is 13.3 Å². The van der Waals surface area contributed by atoms with E-state index < -0.39 is 0 Å². The molecule has 0 N–H and O–H groups in total. The SMILES string of the molecule is CC=CC=N[C](=[V])CC(=O)OC. The summed E-state index contributed by atoms with van der Waals surface area (Å²) in [7, 11) is 1.36. The van der Waals surface area contributed by atoms with Crippen LogP contribution < -0.4 is 0 Å². The van der Waals surface area contributed by atoms with E-state index in [9.17, 15) is 4.79 Å². The molecule has 0 saturated carbocycles. The molecule has 0 unspecified atom stereocenters. The fraction of sp³-hybridized carbons (Fsp3) is 0.375. The molecule has 0 aromatic rings. The first-order valence-electron chi connectivity index (χ1n) is 3.47. The van der Waals surface area contributed by atoms with Gasteiger partial charge in [0.2, 0.25) is 0 Å². The summed E-state index contributed by atoms with van der Waals surface area (Å²) < 4.78 is 5.15. The Bertz CT molecular complexity index is 221. The maximum atomic E-state index is 10.7. The van der Waals surface area contributed by atoms with Crippen LogP contribution in [0.5, 0.6) is 0 Å². The van der Waals surface area contributed by atoms with Crippen LogP contribution >= 0.6 is 0 Å². The molecular weight excluding hydrogens is 193 g/mol. The first-order valence-corrected chi connectivity index (χ1v) is 4.17. The molecule has 0 bridgehead atoms. The average Bonchev–Trinajstić information content (AvgIpc) is 2.05. The number of hydrogen-bond donors (Lipinski definition) is 0. The van der Waals surface area contributed by atoms with Crippen molar-refractivity contribution in [2.24, 2.45) is 4.99 Å². The van der Waals surface area contributed by atoms with E-state index >= 15 is 0 Å². The number of aliphatic imine (C=N–C) groups is 1. The molecule has 0 aliphatic heterocycles. The van der Waals surface area contributed by atoms with Crippen molar-refractivity contribution in [3.8, 4) is 0 Å². The quantitative estimate of drug-likeness (QED) is 0.503. The number of hydrogen-bond acceptors (Lipinski definition) is 3. The third kappa shape index (κ3) is 6.07. The third-order valence-corrected chi connectivity index (χ3v) is 1.46. The Kier molecular flexibility index (Phi) is 6.62. The van der Waals surface area contributed by atoms with E-state index in [0.29, 0.717) is 4.35 Å². The van der Waals surface area contributed by atoms with Crippen LogP contribution in [0.4, 0.5) is 0 Å². The molecule has 0 fully saturated rings. The van der Waals surface area contributed by atoms with Crippen LogP contribution in [-0.4, -0.2) is 23.6 Å². The first kappa shape index (κ1) is 11.3. The molecule has 0 atom stereocenters. The summed E-state index contributed by atoms with van der Waals surface area (Å²) >= 11 is 2.24. The maximum absolute atomic E-state index is 10.7. The number of nitrogens with zero attached hydrogens (tertiary/aromatic N) is 1. The van der Waals surface area contributed by atoms with Crippen molar-refractivity contribution < 1.29 is 26.5 Å². The molecule has 12 heavy (non-hydrogen) atoms. The van der Waals surface area contributed by atoms with Crippen LogP contribution in [0.25, 0.3) is 0 Å². The second-order valence-corrected chi connectivity index (χ2v) is 2.78. The normalized spacial score (nSPS) is 10.8. The van der Waals surface area contributed by atoms with Gasteiger partial charge in [-0.3, -0.25) is 0 Å². The van der Waals surface area contributed by atoms with Crippen molar-refractivity contribution in [1.82, 2.24) is 0 Å². The van der Waals surface area contributed by atoms with Crippen molar-refractivity contribution in [1.29, 1.82) is 0 Å². The van der Waals surface area contributed by atoms with Gasteiger partial charge in [0.1, 0.15) is 0 Å². The Labute approximate surface area is 81.0 Å². The van der Waals surface area contributed by atoms with Crippen molar-refractivity contribution >= 4 is 16.5 Å². The van der Waals surface area contributed by atoms with Crippen LogP contribution in [0, 0.1) is 0 Å². The third-order valence-electron chi connectivity index (χ3n) is 1.03. The topological polar surface area (TPSA) is 38.7 Å². The van der Waals surface area contributed by atoms with Gasteiger partial charge in [0.15, 0.2) is 0 Å². The summed E-state index contributed by atoms with van der Waals surface area (Å²) in [6.45, 7) is 1.90. The number of rotatable bonds is 4. The van der Waals surface area contributed by atoms with Crippen LogP contribution in [-0.2, 0) is 26.5 Å². The van der Waals surface area contributed by atoms with Crippen molar-refractivity contribution in [3.63, 3.8) is 0 Å². The predicted octanol–water partition coefficient (Wildman–Crippen LogP) is 0.873. The van der Waals surface area contributed by atoms with Gasteiger partial charge >= 0.3 is 80.6 Å². The Hall–Kier alpha value is -0.666. The molecule has 0 aromatic carbocycles. The Morgan fingerprint density at radius 2 is 2.33 bits per heavy atom. The zero-order valence-corrected chi connectivity index (χ0v) is 8.55. The zero-order valence-electron chi connectivity index (χ0n) is 7.15. The summed E-state index contributed by atoms with van der Waals surface area (Å²) in [6.07, 6.45) is 5.52. The van der Waals surface area contributed by atoms with E-state index in [4.69, 9.17) is 0 Å². The molecule has 0 aromatic heterocycles. The summed E-state index contributed by atoms with van der Waals surface area (Å²) in [5.74, 6) is -0.275.